The monoisotopic (exact) mass is 416 g/mol. The highest BCUT2D eigenvalue weighted by atomic mass is 79.9. The molecule has 3 rings (SSSR count). The van der Waals surface area contributed by atoms with Crippen LogP contribution in [0.25, 0.3) is 0 Å². The van der Waals surface area contributed by atoms with Gasteiger partial charge in [-0.25, -0.2) is 0 Å². The average Bonchev–Trinajstić information content (AvgIpc) is 3.18. The van der Waals surface area contributed by atoms with Gasteiger partial charge in [0, 0.05) is 42.4 Å². The van der Waals surface area contributed by atoms with Crippen molar-refractivity contribution in [1.29, 1.82) is 0 Å². The van der Waals surface area contributed by atoms with Gasteiger partial charge in [-0.05, 0) is 18.2 Å². The molecule has 2 heterocycles. The first-order valence-corrected chi connectivity index (χ1v) is 8.58. The summed E-state index contributed by atoms with van der Waals surface area (Å²) < 4.78 is 3.88. The van der Waals surface area contributed by atoms with Gasteiger partial charge in [0.1, 0.15) is 5.69 Å². The molecule has 0 saturated heterocycles. The standard InChI is InChI=1S/C17H17BrN6O2/c1-23-10-11(8-20-23)7-19-17(26)15-14(9-21-24(15)2)22-16(25)12-4-3-5-13(18)6-12/h3-6,8-10H,7H2,1-2H3,(H,19,26)(H,22,25). The number of carbonyl (C=O) groups excluding carboxylic acids is 2. The first kappa shape index (κ1) is 17.9. The van der Waals surface area contributed by atoms with Crippen LogP contribution in [-0.2, 0) is 20.6 Å². The summed E-state index contributed by atoms with van der Waals surface area (Å²) in [6, 6.07) is 6.99. The number of anilines is 1. The number of carbonyl (C=O) groups is 2. The fraction of sp³-hybridized carbons (Fsp3) is 0.176. The first-order valence-electron chi connectivity index (χ1n) is 7.78. The summed E-state index contributed by atoms with van der Waals surface area (Å²) in [7, 11) is 3.45. The van der Waals surface area contributed by atoms with E-state index in [4.69, 9.17) is 0 Å². The Balaban J connectivity index is 1.73. The highest BCUT2D eigenvalue weighted by Gasteiger charge is 2.19. The van der Waals surface area contributed by atoms with Gasteiger partial charge in [-0.15, -0.1) is 0 Å². The molecule has 0 aliphatic rings. The number of hydrogen-bond acceptors (Lipinski definition) is 4. The van der Waals surface area contributed by atoms with Crippen LogP contribution in [0.15, 0.2) is 47.3 Å². The Morgan fingerprint density at radius 2 is 1.96 bits per heavy atom. The zero-order chi connectivity index (χ0) is 18.7. The molecule has 0 saturated carbocycles. The predicted molar refractivity (Wildman–Crippen MR) is 99.7 cm³/mol. The van der Waals surface area contributed by atoms with Gasteiger partial charge in [0.2, 0.25) is 0 Å². The third-order valence-electron chi connectivity index (χ3n) is 3.70. The minimum absolute atomic E-state index is 0.275. The molecule has 2 N–H and O–H groups in total. The van der Waals surface area contributed by atoms with Crippen LogP contribution in [-0.4, -0.2) is 31.4 Å². The summed E-state index contributed by atoms with van der Waals surface area (Å²) in [6.45, 7) is 0.330. The first-order chi connectivity index (χ1) is 12.4. The second-order valence-electron chi connectivity index (χ2n) is 5.70. The summed E-state index contributed by atoms with van der Waals surface area (Å²) in [4.78, 5) is 25.0. The second kappa shape index (κ2) is 7.52. The van der Waals surface area contributed by atoms with Gasteiger partial charge in [-0.3, -0.25) is 19.0 Å². The summed E-state index contributed by atoms with van der Waals surface area (Å²) >= 11 is 3.33. The molecular formula is C17H17BrN6O2. The lowest BCUT2D eigenvalue weighted by Crippen LogP contribution is -2.26. The largest absolute Gasteiger partial charge is 0.346 e. The van der Waals surface area contributed by atoms with E-state index in [1.807, 2.05) is 19.3 Å². The third kappa shape index (κ3) is 3.99. The molecule has 1 aromatic carbocycles. The van der Waals surface area contributed by atoms with Crippen LogP contribution in [0.4, 0.5) is 5.69 Å². The van der Waals surface area contributed by atoms with Crippen molar-refractivity contribution in [3.63, 3.8) is 0 Å². The SMILES string of the molecule is Cn1cc(CNC(=O)c2c(NC(=O)c3cccc(Br)c3)cnn2C)cn1. The predicted octanol–water partition coefficient (Wildman–Crippen LogP) is 2.10. The third-order valence-corrected chi connectivity index (χ3v) is 4.19. The van der Waals surface area contributed by atoms with Crippen molar-refractivity contribution in [2.75, 3.05) is 5.32 Å². The smallest absolute Gasteiger partial charge is 0.271 e. The van der Waals surface area contributed by atoms with E-state index in [2.05, 4.69) is 36.8 Å². The maximum atomic E-state index is 12.5. The molecule has 0 aliphatic carbocycles. The summed E-state index contributed by atoms with van der Waals surface area (Å²) in [5.41, 5.74) is 1.98. The second-order valence-corrected chi connectivity index (χ2v) is 6.62. The van der Waals surface area contributed by atoms with Crippen LogP contribution >= 0.6 is 15.9 Å². The van der Waals surface area contributed by atoms with Crippen LogP contribution in [0.2, 0.25) is 0 Å². The number of amides is 2. The molecule has 134 valence electrons. The van der Waals surface area contributed by atoms with Crippen LogP contribution < -0.4 is 10.6 Å². The normalized spacial score (nSPS) is 10.6. The van der Waals surface area contributed by atoms with Crippen LogP contribution in [0.3, 0.4) is 0 Å². The minimum Gasteiger partial charge on any atom is -0.346 e. The molecule has 2 amide bonds. The van der Waals surface area contributed by atoms with Gasteiger partial charge in [-0.2, -0.15) is 10.2 Å². The average molecular weight is 417 g/mol. The molecule has 8 nitrogen and oxygen atoms in total. The number of halogens is 1. The van der Waals surface area contributed by atoms with Crippen LogP contribution in [0.1, 0.15) is 26.4 Å². The molecule has 0 atom stereocenters. The number of nitrogens with zero attached hydrogens (tertiary/aromatic N) is 4. The number of hydrogen-bond donors (Lipinski definition) is 2. The van der Waals surface area contributed by atoms with E-state index < -0.39 is 0 Å². The van der Waals surface area contributed by atoms with Crippen molar-refractivity contribution >= 4 is 33.4 Å². The van der Waals surface area contributed by atoms with Gasteiger partial charge >= 0.3 is 0 Å². The Bertz CT molecular complexity index is 962. The number of aromatic nitrogens is 4. The maximum absolute atomic E-state index is 12.5. The lowest BCUT2D eigenvalue weighted by molar-refractivity contribution is 0.0942. The van der Waals surface area contributed by atoms with Gasteiger partial charge in [0.05, 0.1) is 18.1 Å². The molecule has 0 radical (unpaired) electrons. The van der Waals surface area contributed by atoms with E-state index in [0.29, 0.717) is 17.8 Å². The van der Waals surface area contributed by atoms with E-state index in [1.165, 1.54) is 10.9 Å². The number of rotatable bonds is 5. The number of nitrogens with one attached hydrogen (secondary N) is 2. The van der Waals surface area contributed by atoms with Gasteiger partial charge in [-0.1, -0.05) is 22.0 Å². The molecule has 0 fully saturated rings. The molecule has 0 aliphatic heterocycles. The zero-order valence-corrected chi connectivity index (χ0v) is 15.8. The van der Waals surface area contributed by atoms with E-state index >= 15 is 0 Å². The van der Waals surface area contributed by atoms with Crippen LogP contribution in [0, 0.1) is 0 Å². The molecule has 0 bridgehead atoms. The number of aryl methyl sites for hydroxylation is 2. The van der Waals surface area contributed by atoms with Crippen molar-refractivity contribution in [3.8, 4) is 0 Å². The van der Waals surface area contributed by atoms with Crippen molar-refractivity contribution in [3.05, 3.63) is 64.1 Å². The van der Waals surface area contributed by atoms with E-state index in [9.17, 15) is 9.59 Å². The van der Waals surface area contributed by atoms with Gasteiger partial charge in [0.15, 0.2) is 0 Å². The quantitative estimate of drug-likeness (QED) is 0.665. The molecule has 0 spiro atoms. The van der Waals surface area contributed by atoms with E-state index in [1.54, 1.807) is 36.1 Å². The Morgan fingerprint density at radius 3 is 2.65 bits per heavy atom. The van der Waals surface area contributed by atoms with Crippen molar-refractivity contribution in [2.45, 2.75) is 6.54 Å². The van der Waals surface area contributed by atoms with Crippen molar-refractivity contribution in [1.82, 2.24) is 24.9 Å². The molecule has 2 aromatic heterocycles. The Kier molecular flexibility index (Phi) is 5.17. The maximum Gasteiger partial charge on any atom is 0.271 e. The fourth-order valence-corrected chi connectivity index (χ4v) is 2.85. The molecule has 9 heteroatoms. The zero-order valence-electron chi connectivity index (χ0n) is 14.2. The van der Waals surface area contributed by atoms with Crippen molar-refractivity contribution < 1.29 is 9.59 Å². The fourth-order valence-electron chi connectivity index (χ4n) is 2.45. The minimum atomic E-state index is -0.335. The summed E-state index contributed by atoms with van der Waals surface area (Å²) in [6.07, 6.45) is 4.95. The Hall–Kier alpha value is -2.94. The molecule has 0 unspecified atom stereocenters. The van der Waals surface area contributed by atoms with Gasteiger partial charge in [0.25, 0.3) is 11.8 Å². The van der Waals surface area contributed by atoms with E-state index in [0.717, 1.165) is 10.0 Å². The molecule has 26 heavy (non-hydrogen) atoms. The lowest BCUT2D eigenvalue weighted by atomic mass is 10.2. The summed E-state index contributed by atoms with van der Waals surface area (Å²) in [5, 5.41) is 13.7. The van der Waals surface area contributed by atoms with E-state index in [-0.39, 0.29) is 17.5 Å². The highest BCUT2D eigenvalue weighted by molar-refractivity contribution is 9.10. The molecule has 3 aromatic rings. The van der Waals surface area contributed by atoms with Crippen LogP contribution in [0.5, 0.6) is 0 Å². The Labute approximate surface area is 158 Å². The Morgan fingerprint density at radius 1 is 1.15 bits per heavy atom. The van der Waals surface area contributed by atoms with Crippen molar-refractivity contribution in [2.24, 2.45) is 14.1 Å². The lowest BCUT2D eigenvalue weighted by Gasteiger charge is -2.08. The topological polar surface area (TPSA) is 93.8 Å². The van der Waals surface area contributed by atoms with Gasteiger partial charge < -0.3 is 10.6 Å². The molecular weight excluding hydrogens is 400 g/mol. The summed E-state index contributed by atoms with van der Waals surface area (Å²) in [5.74, 6) is -0.654. The highest BCUT2D eigenvalue weighted by Crippen LogP contribution is 2.17. The number of benzene rings is 1.